The van der Waals surface area contributed by atoms with Gasteiger partial charge in [0.25, 0.3) is 0 Å². The maximum Gasteiger partial charge on any atom is 0.148 e. The van der Waals surface area contributed by atoms with Crippen molar-refractivity contribution in [2.45, 2.75) is 45.8 Å². The lowest BCUT2D eigenvalue weighted by Crippen LogP contribution is -2.14. The zero-order valence-electron chi connectivity index (χ0n) is 14.2. The highest BCUT2D eigenvalue weighted by atomic mass is 79.9. The number of hydrogen-bond donors (Lipinski definition) is 1. The molecule has 0 spiro atoms. The van der Waals surface area contributed by atoms with E-state index in [1.165, 1.54) is 31.2 Å². The molecule has 24 heavy (non-hydrogen) atoms. The number of nitrogens with one attached hydrogen (secondary N) is 1. The summed E-state index contributed by atoms with van der Waals surface area (Å²) < 4.78 is 7.93. The molecule has 2 aromatic carbocycles. The number of unbranched alkanes of at least 4 members (excludes halogenated alkanes) is 3. The van der Waals surface area contributed by atoms with E-state index in [9.17, 15) is 0 Å². The predicted molar refractivity (Wildman–Crippen MR) is 108 cm³/mol. The summed E-state index contributed by atoms with van der Waals surface area (Å²) in [5.41, 5.74) is 2.41. The molecule has 1 N–H and O–H groups in total. The molecule has 0 saturated carbocycles. The summed E-state index contributed by atoms with van der Waals surface area (Å²) in [6.07, 6.45) is 5.16. The van der Waals surface area contributed by atoms with Crippen LogP contribution < -0.4 is 10.1 Å². The van der Waals surface area contributed by atoms with Crippen molar-refractivity contribution in [3.05, 3.63) is 62.5 Å². The van der Waals surface area contributed by atoms with Gasteiger partial charge in [-0.2, -0.15) is 0 Å². The molecule has 2 rings (SSSR count). The van der Waals surface area contributed by atoms with Gasteiger partial charge in [-0.1, -0.05) is 56.5 Å². The highest BCUT2D eigenvalue weighted by molar-refractivity contribution is 9.11. The third kappa shape index (κ3) is 6.58. The Kier molecular flexibility index (Phi) is 8.86. The Bertz CT molecular complexity index is 593. The van der Waals surface area contributed by atoms with Crippen LogP contribution in [0, 0.1) is 0 Å². The molecule has 2 aromatic rings. The SMILES string of the molecule is CCCCCCNCc1cc(Br)c(OCc2ccccc2)c(Br)c1. The second kappa shape index (κ2) is 10.9. The van der Waals surface area contributed by atoms with E-state index in [0.717, 1.165) is 33.3 Å². The summed E-state index contributed by atoms with van der Waals surface area (Å²) in [5.74, 6) is 0.852. The Morgan fingerprint density at radius 1 is 0.917 bits per heavy atom. The number of rotatable bonds is 10. The highest BCUT2D eigenvalue weighted by Gasteiger charge is 2.09. The van der Waals surface area contributed by atoms with Crippen molar-refractivity contribution in [1.82, 2.24) is 5.32 Å². The molecule has 0 unspecified atom stereocenters. The number of hydrogen-bond acceptors (Lipinski definition) is 2. The van der Waals surface area contributed by atoms with Crippen LogP contribution in [0.25, 0.3) is 0 Å². The second-order valence-electron chi connectivity index (χ2n) is 5.90. The fourth-order valence-electron chi connectivity index (χ4n) is 2.49. The molecule has 0 amide bonds. The zero-order chi connectivity index (χ0) is 17.2. The molecule has 0 aliphatic carbocycles. The first-order chi connectivity index (χ1) is 11.7. The first-order valence-corrected chi connectivity index (χ1v) is 10.1. The summed E-state index contributed by atoms with van der Waals surface area (Å²) in [6, 6.07) is 14.5. The van der Waals surface area contributed by atoms with Crippen LogP contribution in [-0.4, -0.2) is 6.54 Å². The van der Waals surface area contributed by atoms with Crippen LogP contribution in [0.2, 0.25) is 0 Å². The van der Waals surface area contributed by atoms with Crippen LogP contribution in [0.15, 0.2) is 51.4 Å². The summed E-state index contributed by atoms with van der Waals surface area (Å²) in [7, 11) is 0. The lowest BCUT2D eigenvalue weighted by atomic mass is 10.2. The summed E-state index contributed by atoms with van der Waals surface area (Å²) >= 11 is 7.26. The third-order valence-corrected chi connectivity index (χ3v) is 5.00. The van der Waals surface area contributed by atoms with Crippen molar-refractivity contribution in [2.75, 3.05) is 6.54 Å². The van der Waals surface area contributed by atoms with Crippen molar-refractivity contribution in [3.63, 3.8) is 0 Å². The quantitative estimate of drug-likeness (QED) is 0.416. The number of benzene rings is 2. The van der Waals surface area contributed by atoms with Gasteiger partial charge in [0.1, 0.15) is 12.4 Å². The number of halogens is 2. The molecular weight excluding hydrogens is 430 g/mol. The van der Waals surface area contributed by atoms with E-state index in [1.807, 2.05) is 18.2 Å². The highest BCUT2D eigenvalue weighted by Crippen LogP contribution is 2.35. The van der Waals surface area contributed by atoms with Gasteiger partial charge in [0, 0.05) is 6.54 Å². The van der Waals surface area contributed by atoms with Crippen LogP contribution in [-0.2, 0) is 13.2 Å². The van der Waals surface area contributed by atoms with Crippen molar-refractivity contribution >= 4 is 31.9 Å². The Balaban J connectivity index is 1.86. The van der Waals surface area contributed by atoms with Crippen molar-refractivity contribution in [3.8, 4) is 5.75 Å². The van der Waals surface area contributed by atoms with E-state index in [4.69, 9.17) is 4.74 Å². The average molecular weight is 455 g/mol. The first-order valence-electron chi connectivity index (χ1n) is 8.56. The first kappa shape index (κ1) is 19.5. The van der Waals surface area contributed by atoms with Crippen LogP contribution in [0.3, 0.4) is 0 Å². The minimum Gasteiger partial charge on any atom is -0.487 e. The molecule has 0 atom stereocenters. The number of ether oxygens (including phenoxy) is 1. The van der Waals surface area contributed by atoms with Gasteiger partial charge in [-0.15, -0.1) is 0 Å². The molecular formula is C20H25Br2NO. The Labute approximate surface area is 162 Å². The molecule has 0 aliphatic heterocycles. The molecule has 0 heterocycles. The molecule has 2 nitrogen and oxygen atoms in total. The normalized spacial score (nSPS) is 10.8. The summed E-state index contributed by atoms with van der Waals surface area (Å²) in [6.45, 7) is 4.75. The van der Waals surface area contributed by atoms with Gasteiger partial charge in [0.15, 0.2) is 0 Å². The summed E-state index contributed by atoms with van der Waals surface area (Å²) in [5, 5.41) is 3.51. The van der Waals surface area contributed by atoms with E-state index >= 15 is 0 Å². The van der Waals surface area contributed by atoms with Gasteiger partial charge in [-0.05, 0) is 68.1 Å². The Morgan fingerprint density at radius 2 is 1.62 bits per heavy atom. The molecule has 0 aliphatic rings. The van der Waals surface area contributed by atoms with Crippen LogP contribution in [0.1, 0.15) is 43.7 Å². The van der Waals surface area contributed by atoms with E-state index in [-0.39, 0.29) is 0 Å². The van der Waals surface area contributed by atoms with Crippen molar-refractivity contribution in [2.24, 2.45) is 0 Å². The van der Waals surface area contributed by atoms with Crippen LogP contribution in [0.5, 0.6) is 5.75 Å². The predicted octanol–water partition coefficient (Wildman–Crippen LogP) is 6.46. The lowest BCUT2D eigenvalue weighted by Gasteiger charge is -2.13. The third-order valence-electron chi connectivity index (χ3n) is 3.82. The maximum absolute atomic E-state index is 5.96. The fraction of sp³-hybridized carbons (Fsp3) is 0.400. The topological polar surface area (TPSA) is 21.3 Å². The van der Waals surface area contributed by atoms with Gasteiger partial charge < -0.3 is 10.1 Å². The van der Waals surface area contributed by atoms with E-state index in [2.05, 4.69) is 68.4 Å². The molecule has 4 heteroatoms. The van der Waals surface area contributed by atoms with Crippen LogP contribution >= 0.6 is 31.9 Å². The smallest absolute Gasteiger partial charge is 0.148 e. The van der Waals surface area contributed by atoms with Gasteiger partial charge in [-0.3, -0.25) is 0 Å². The second-order valence-corrected chi connectivity index (χ2v) is 7.61. The maximum atomic E-state index is 5.96. The molecule has 0 aromatic heterocycles. The van der Waals surface area contributed by atoms with Gasteiger partial charge >= 0.3 is 0 Å². The monoisotopic (exact) mass is 453 g/mol. The molecule has 0 fully saturated rings. The standard InChI is InChI=1S/C20H25Br2NO/c1-2-3-4-8-11-23-14-17-12-18(21)20(19(22)13-17)24-15-16-9-6-5-7-10-16/h5-7,9-10,12-13,23H,2-4,8,11,14-15H2,1H3. The summed E-state index contributed by atoms with van der Waals surface area (Å²) in [4.78, 5) is 0. The van der Waals surface area contributed by atoms with E-state index < -0.39 is 0 Å². The van der Waals surface area contributed by atoms with Crippen molar-refractivity contribution in [1.29, 1.82) is 0 Å². The lowest BCUT2D eigenvalue weighted by molar-refractivity contribution is 0.302. The minimum absolute atomic E-state index is 0.563. The molecule has 0 bridgehead atoms. The van der Waals surface area contributed by atoms with E-state index in [0.29, 0.717) is 6.61 Å². The zero-order valence-corrected chi connectivity index (χ0v) is 17.3. The van der Waals surface area contributed by atoms with Gasteiger partial charge in [-0.25, -0.2) is 0 Å². The molecule has 130 valence electrons. The fourth-order valence-corrected chi connectivity index (χ4v) is 4.00. The van der Waals surface area contributed by atoms with Gasteiger partial charge in [0.05, 0.1) is 8.95 Å². The molecule has 0 saturated heterocycles. The van der Waals surface area contributed by atoms with Crippen molar-refractivity contribution < 1.29 is 4.74 Å². The minimum atomic E-state index is 0.563. The average Bonchev–Trinajstić information content (AvgIpc) is 2.58. The Hall–Kier alpha value is -0.840. The van der Waals surface area contributed by atoms with E-state index in [1.54, 1.807) is 0 Å². The van der Waals surface area contributed by atoms with Gasteiger partial charge in [0.2, 0.25) is 0 Å². The van der Waals surface area contributed by atoms with Crippen LogP contribution in [0.4, 0.5) is 0 Å². The Morgan fingerprint density at radius 3 is 2.29 bits per heavy atom. The largest absolute Gasteiger partial charge is 0.487 e. The molecule has 0 radical (unpaired) electrons.